The van der Waals surface area contributed by atoms with E-state index in [-0.39, 0.29) is 22.5 Å². The van der Waals surface area contributed by atoms with Gasteiger partial charge in [-0.05, 0) is 72.2 Å². The number of unbranched alkanes of at least 4 members (excludes halogenated alkanes) is 1. The summed E-state index contributed by atoms with van der Waals surface area (Å²) in [7, 11) is -2.83. The maximum absolute atomic E-state index is 14.3. The first kappa shape index (κ1) is 29.7. The van der Waals surface area contributed by atoms with Crippen LogP contribution >= 0.6 is 0 Å². The normalized spacial score (nSPS) is 13.7. The fraction of sp³-hybridized carbons (Fsp3) is 0.273. The van der Waals surface area contributed by atoms with Gasteiger partial charge in [0.05, 0.1) is 22.6 Å². The number of hydrogen-bond acceptors (Lipinski definition) is 7. The summed E-state index contributed by atoms with van der Waals surface area (Å²) in [5.74, 6) is -0.0570. The van der Waals surface area contributed by atoms with E-state index in [1.807, 2.05) is 13.0 Å². The van der Waals surface area contributed by atoms with Gasteiger partial charge in [0.15, 0.2) is 4.90 Å². The van der Waals surface area contributed by atoms with E-state index in [1.165, 1.54) is 16.7 Å². The van der Waals surface area contributed by atoms with Crippen molar-refractivity contribution in [2.24, 2.45) is 5.92 Å². The van der Waals surface area contributed by atoms with Crippen LogP contribution in [0.1, 0.15) is 66.0 Å². The van der Waals surface area contributed by atoms with Gasteiger partial charge in [-0.1, -0.05) is 55.8 Å². The molecular formula is C33H33N5O4S. The first-order valence-corrected chi connectivity index (χ1v) is 15.8. The Hall–Kier alpha value is -4.75. The Morgan fingerprint density at radius 3 is 2.49 bits per heavy atom. The molecule has 43 heavy (non-hydrogen) atoms. The van der Waals surface area contributed by atoms with Crippen molar-refractivity contribution < 1.29 is 13.2 Å². The van der Waals surface area contributed by atoms with Crippen LogP contribution in [0.25, 0.3) is 11.1 Å². The maximum Gasteiger partial charge on any atom is 0.275 e. The molecule has 1 aliphatic carbocycles. The number of rotatable bonds is 10. The molecule has 1 saturated carbocycles. The summed E-state index contributed by atoms with van der Waals surface area (Å²) in [6.45, 7) is 2.02. The average Bonchev–Trinajstić information content (AvgIpc) is 3.86. The molecule has 0 saturated heterocycles. The summed E-state index contributed by atoms with van der Waals surface area (Å²) in [5, 5.41) is 12.1. The molecule has 4 aromatic rings. The summed E-state index contributed by atoms with van der Waals surface area (Å²) >= 11 is 0. The lowest BCUT2D eigenvalue weighted by molar-refractivity contribution is 0.0963. The zero-order valence-electron chi connectivity index (χ0n) is 24.1. The molecule has 220 valence electrons. The van der Waals surface area contributed by atoms with Crippen LogP contribution in [-0.2, 0) is 16.3 Å². The third-order valence-electron chi connectivity index (χ3n) is 7.77. The van der Waals surface area contributed by atoms with E-state index in [1.54, 1.807) is 61.6 Å². The molecule has 1 atom stereocenters. The molecule has 1 aromatic heterocycles. The molecule has 5 rings (SSSR count). The Morgan fingerprint density at radius 1 is 1.12 bits per heavy atom. The van der Waals surface area contributed by atoms with Crippen LogP contribution in [0.2, 0.25) is 0 Å². The van der Waals surface area contributed by atoms with Crippen molar-refractivity contribution in [1.82, 2.24) is 14.9 Å². The summed E-state index contributed by atoms with van der Waals surface area (Å²) in [5.41, 5.74) is 8.50. The number of nitrogen functional groups attached to an aromatic ring is 1. The number of carbonyl (C=O) groups is 1. The van der Waals surface area contributed by atoms with Gasteiger partial charge in [-0.15, -0.1) is 0 Å². The van der Waals surface area contributed by atoms with Gasteiger partial charge in [-0.2, -0.15) is 5.26 Å². The van der Waals surface area contributed by atoms with Crippen LogP contribution in [0.5, 0.6) is 0 Å². The first-order valence-electron chi connectivity index (χ1n) is 14.3. The van der Waals surface area contributed by atoms with Crippen molar-refractivity contribution in [1.29, 1.82) is 5.26 Å². The molecule has 1 amide bonds. The smallest absolute Gasteiger partial charge is 0.275 e. The Labute approximate surface area is 250 Å². The largest absolute Gasteiger partial charge is 0.382 e. The third kappa shape index (κ3) is 5.81. The SMILES string of the molecule is CCCCc1nc(N)c(S(=O)(=O)c2ccc(-c3ccccc3C(=O)NC)cc2)c(=O)n1C(c1cccc(C#N)c1)C1CC1. The van der Waals surface area contributed by atoms with E-state index >= 15 is 0 Å². The predicted molar refractivity (Wildman–Crippen MR) is 164 cm³/mol. The van der Waals surface area contributed by atoms with Gasteiger partial charge >= 0.3 is 0 Å². The Morgan fingerprint density at radius 2 is 1.84 bits per heavy atom. The van der Waals surface area contributed by atoms with Crippen LogP contribution in [0, 0.1) is 17.2 Å². The van der Waals surface area contributed by atoms with E-state index in [9.17, 15) is 23.3 Å². The minimum atomic E-state index is -4.38. The van der Waals surface area contributed by atoms with Gasteiger partial charge in [-0.25, -0.2) is 13.4 Å². The molecule has 0 spiro atoms. The highest BCUT2D eigenvalue weighted by Crippen LogP contribution is 2.44. The third-order valence-corrected chi connectivity index (χ3v) is 9.59. The number of nitriles is 1. The molecule has 1 heterocycles. The first-order chi connectivity index (χ1) is 20.7. The van der Waals surface area contributed by atoms with Crippen LogP contribution in [0.15, 0.2) is 87.4 Å². The lowest BCUT2D eigenvalue weighted by Crippen LogP contribution is -2.35. The summed E-state index contributed by atoms with van der Waals surface area (Å²) in [4.78, 5) is 30.5. The fourth-order valence-electron chi connectivity index (χ4n) is 5.47. The van der Waals surface area contributed by atoms with Crippen molar-refractivity contribution >= 4 is 21.6 Å². The standard InChI is InChI=1S/C33H33N5O4S/c1-3-4-12-28-37-31(35)30(33(40)38(28)29(23-13-14-23)24-9-7-8-21(19-24)20-34)43(41,42)25-17-15-22(16-18-25)26-10-5-6-11-27(26)32(39)36-2/h5-11,15-19,23,29H,3-4,12-14,35H2,1-2H3,(H,36,39). The number of aromatic nitrogens is 2. The van der Waals surface area contributed by atoms with Gasteiger partial charge in [0, 0.05) is 19.0 Å². The summed E-state index contributed by atoms with van der Waals surface area (Å²) < 4.78 is 29.6. The van der Waals surface area contributed by atoms with Crippen molar-refractivity contribution in [3.63, 3.8) is 0 Å². The summed E-state index contributed by atoms with van der Waals surface area (Å²) in [6.07, 6.45) is 3.78. The second-order valence-electron chi connectivity index (χ2n) is 10.7. The Bertz CT molecular complexity index is 1890. The van der Waals surface area contributed by atoms with Crippen molar-refractivity contribution in [2.75, 3.05) is 12.8 Å². The number of sulfone groups is 1. The number of carbonyl (C=O) groups excluding carboxylic acids is 1. The molecule has 9 nitrogen and oxygen atoms in total. The van der Waals surface area contributed by atoms with Gasteiger partial charge in [0.1, 0.15) is 11.6 Å². The molecule has 0 bridgehead atoms. The van der Waals surface area contributed by atoms with Crippen LogP contribution in [-0.4, -0.2) is 30.9 Å². The van der Waals surface area contributed by atoms with Crippen molar-refractivity contribution in [2.45, 2.75) is 54.9 Å². The topological polar surface area (TPSA) is 148 Å². The van der Waals surface area contributed by atoms with Crippen molar-refractivity contribution in [3.05, 3.63) is 106 Å². The molecule has 1 unspecified atom stereocenters. The molecule has 0 aliphatic heterocycles. The average molecular weight is 596 g/mol. The number of nitrogens with two attached hydrogens (primary N) is 1. The van der Waals surface area contributed by atoms with Gasteiger partial charge < -0.3 is 11.1 Å². The fourth-order valence-corrected chi connectivity index (χ4v) is 6.85. The molecule has 3 aromatic carbocycles. The summed E-state index contributed by atoms with van der Waals surface area (Å²) in [6, 6.07) is 21.8. The van der Waals surface area contributed by atoms with E-state index < -0.39 is 26.3 Å². The van der Waals surface area contributed by atoms with E-state index in [0.717, 1.165) is 31.2 Å². The number of nitrogens with zero attached hydrogens (tertiary/aromatic N) is 3. The minimum Gasteiger partial charge on any atom is -0.382 e. The molecule has 0 radical (unpaired) electrons. The molecule has 10 heteroatoms. The van der Waals surface area contributed by atoms with Gasteiger partial charge in [0.25, 0.3) is 11.5 Å². The minimum absolute atomic E-state index is 0.104. The Balaban J connectivity index is 1.64. The van der Waals surface area contributed by atoms with Crippen molar-refractivity contribution in [3.8, 4) is 17.2 Å². The van der Waals surface area contributed by atoms with Crippen LogP contribution in [0.3, 0.4) is 0 Å². The zero-order chi connectivity index (χ0) is 30.7. The van der Waals surface area contributed by atoms with Crippen LogP contribution < -0.4 is 16.6 Å². The van der Waals surface area contributed by atoms with E-state index in [0.29, 0.717) is 34.5 Å². The van der Waals surface area contributed by atoms with Crippen LogP contribution in [0.4, 0.5) is 5.82 Å². The number of benzene rings is 3. The second kappa shape index (κ2) is 12.2. The van der Waals surface area contributed by atoms with Gasteiger partial charge in [-0.3, -0.25) is 14.2 Å². The molecule has 1 aliphatic rings. The zero-order valence-corrected chi connectivity index (χ0v) is 24.9. The number of anilines is 1. The molecule has 3 N–H and O–H groups in total. The van der Waals surface area contributed by atoms with E-state index in [2.05, 4.69) is 16.4 Å². The number of hydrogen-bond donors (Lipinski definition) is 2. The Kier molecular flexibility index (Phi) is 8.46. The highest BCUT2D eigenvalue weighted by Gasteiger charge is 2.38. The number of aryl methyl sites for hydroxylation is 1. The monoisotopic (exact) mass is 595 g/mol. The van der Waals surface area contributed by atoms with Gasteiger partial charge in [0.2, 0.25) is 9.84 Å². The predicted octanol–water partition coefficient (Wildman–Crippen LogP) is 4.90. The second-order valence-corrected chi connectivity index (χ2v) is 12.6. The highest BCUT2D eigenvalue weighted by atomic mass is 32.2. The number of amides is 1. The lowest BCUT2D eigenvalue weighted by Gasteiger charge is -2.25. The maximum atomic E-state index is 14.3. The number of nitrogens with one attached hydrogen (secondary N) is 1. The molecule has 1 fully saturated rings. The highest BCUT2D eigenvalue weighted by molar-refractivity contribution is 7.91. The quantitative estimate of drug-likeness (QED) is 0.265. The lowest BCUT2D eigenvalue weighted by atomic mass is 9.99. The van der Waals surface area contributed by atoms with E-state index in [4.69, 9.17) is 5.73 Å². The molecular weight excluding hydrogens is 562 g/mol.